The van der Waals surface area contributed by atoms with Gasteiger partial charge in [0, 0.05) is 45.4 Å². The molecule has 0 bridgehead atoms. The first kappa shape index (κ1) is 10.4. The average Bonchev–Trinajstić information content (AvgIpc) is 2.44. The molecule has 0 aromatic rings. The molecule has 82 valence electrons. The highest BCUT2D eigenvalue weighted by Crippen LogP contribution is 2.15. The van der Waals surface area contributed by atoms with Gasteiger partial charge in [-0.1, -0.05) is 0 Å². The highest BCUT2D eigenvalue weighted by molar-refractivity contribution is 4.80. The zero-order valence-electron chi connectivity index (χ0n) is 8.61. The quantitative estimate of drug-likeness (QED) is 0.595. The molecule has 2 N–H and O–H groups in total. The zero-order valence-corrected chi connectivity index (χ0v) is 8.61. The van der Waals surface area contributed by atoms with Crippen LogP contribution in [0, 0.1) is 0 Å². The number of nitrogens with zero attached hydrogens (tertiary/aromatic N) is 1. The molecular formula is C10H20N2O2. The number of aliphatic hydroxyl groups excluding tert-OH is 1. The standard InChI is InChI=1S/C10H20N2O2/c13-10-7-11-3-4-12(8-10)9-1-5-14-6-2-9/h9-11,13H,1-8H2. The normalized spacial score (nSPS) is 32.8. The fourth-order valence-corrected chi connectivity index (χ4v) is 2.30. The van der Waals surface area contributed by atoms with Crippen LogP contribution in [0.15, 0.2) is 0 Å². The van der Waals surface area contributed by atoms with Crippen LogP contribution in [0.4, 0.5) is 0 Å². The second-order valence-corrected chi connectivity index (χ2v) is 4.20. The Balaban J connectivity index is 1.87. The van der Waals surface area contributed by atoms with Gasteiger partial charge in [-0.05, 0) is 12.8 Å². The Labute approximate surface area is 85.2 Å². The minimum Gasteiger partial charge on any atom is -0.390 e. The van der Waals surface area contributed by atoms with Crippen LogP contribution in [0.25, 0.3) is 0 Å². The first-order chi connectivity index (χ1) is 6.86. The predicted octanol–water partition coefficient (Wildman–Crippen LogP) is -0.568. The molecule has 2 rings (SSSR count). The summed E-state index contributed by atoms with van der Waals surface area (Å²) in [6.45, 7) is 5.36. The number of rotatable bonds is 1. The van der Waals surface area contributed by atoms with Crippen molar-refractivity contribution in [3.8, 4) is 0 Å². The third-order valence-electron chi connectivity index (χ3n) is 3.11. The van der Waals surface area contributed by atoms with Gasteiger partial charge >= 0.3 is 0 Å². The molecule has 0 saturated carbocycles. The number of nitrogens with one attached hydrogen (secondary N) is 1. The monoisotopic (exact) mass is 200 g/mol. The second kappa shape index (κ2) is 5.07. The summed E-state index contributed by atoms with van der Waals surface area (Å²) in [6, 6.07) is 0.623. The van der Waals surface area contributed by atoms with Crippen LogP contribution in [0.1, 0.15) is 12.8 Å². The van der Waals surface area contributed by atoms with E-state index >= 15 is 0 Å². The molecule has 2 heterocycles. The summed E-state index contributed by atoms with van der Waals surface area (Å²) in [7, 11) is 0. The highest BCUT2D eigenvalue weighted by atomic mass is 16.5. The fourth-order valence-electron chi connectivity index (χ4n) is 2.30. The predicted molar refractivity (Wildman–Crippen MR) is 54.3 cm³/mol. The summed E-state index contributed by atoms with van der Waals surface area (Å²) >= 11 is 0. The van der Waals surface area contributed by atoms with Crippen LogP contribution in [0.5, 0.6) is 0 Å². The zero-order chi connectivity index (χ0) is 9.80. The van der Waals surface area contributed by atoms with Gasteiger partial charge in [-0.2, -0.15) is 0 Å². The van der Waals surface area contributed by atoms with Gasteiger partial charge in [0.2, 0.25) is 0 Å². The van der Waals surface area contributed by atoms with E-state index in [4.69, 9.17) is 4.74 Å². The van der Waals surface area contributed by atoms with E-state index in [0.29, 0.717) is 6.04 Å². The lowest BCUT2D eigenvalue weighted by Crippen LogP contribution is -2.43. The molecule has 0 aliphatic carbocycles. The molecule has 4 nitrogen and oxygen atoms in total. The molecule has 1 unspecified atom stereocenters. The SMILES string of the molecule is OC1CNCCN(C2CCOCC2)C1. The van der Waals surface area contributed by atoms with Crippen molar-refractivity contribution in [2.45, 2.75) is 25.0 Å². The third-order valence-corrected chi connectivity index (χ3v) is 3.11. The van der Waals surface area contributed by atoms with Crippen molar-refractivity contribution in [3.05, 3.63) is 0 Å². The molecule has 14 heavy (non-hydrogen) atoms. The van der Waals surface area contributed by atoms with Crippen LogP contribution in [0.3, 0.4) is 0 Å². The maximum absolute atomic E-state index is 9.65. The van der Waals surface area contributed by atoms with Gasteiger partial charge in [0.05, 0.1) is 6.10 Å². The Hall–Kier alpha value is -0.160. The molecule has 2 aliphatic rings. The van der Waals surface area contributed by atoms with Crippen LogP contribution in [-0.4, -0.2) is 61.5 Å². The Bertz CT molecular complexity index is 172. The molecular weight excluding hydrogens is 180 g/mol. The molecule has 1 atom stereocenters. The fraction of sp³-hybridized carbons (Fsp3) is 1.00. The summed E-state index contributed by atoms with van der Waals surface area (Å²) in [5, 5.41) is 12.9. The number of ether oxygens (including phenoxy) is 1. The first-order valence-electron chi connectivity index (χ1n) is 5.57. The van der Waals surface area contributed by atoms with Gasteiger partial charge in [0.25, 0.3) is 0 Å². The number of aliphatic hydroxyl groups is 1. The van der Waals surface area contributed by atoms with E-state index in [1.165, 1.54) is 0 Å². The van der Waals surface area contributed by atoms with Crippen molar-refractivity contribution >= 4 is 0 Å². The highest BCUT2D eigenvalue weighted by Gasteiger charge is 2.24. The van der Waals surface area contributed by atoms with Crippen LogP contribution in [0.2, 0.25) is 0 Å². The second-order valence-electron chi connectivity index (χ2n) is 4.20. The van der Waals surface area contributed by atoms with Crippen molar-refractivity contribution in [2.75, 3.05) is 39.4 Å². The van der Waals surface area contributed by atoms with Gasteiger partial charge in [0.15, 0.2) is 0 Å². The maximum atomic E-state index is 9.65. The molecule has 0 aromatic carbocycles. The number of hydrogen-bond donors (Lipinski definition) is 2. The lowest BCUT2D eigenvalue weighted by Gasteiger charge is -2.33. The Morgan fingerprint density at radius 1 is 1.29 bits per heavy atom. The Kier molecular flexibility index (Phi) is 3.75. The topological polar surface area (TPSA) is 44.7 Å². The van der Waals surface area contributed by atoms with Gasteiger partial charge in [-0.25, -0.2) is 0 Å². The molecule has 2 saturated heterocycles. The van der Waals surface area contributed by atoms with Crippen molar-refractivity contribution in [3.63, 3.8) is 0 Å². The summed E-state index contributed by atoms with van der Waals surface area (Å²) in [5.41, 5.74) is 0. The molecule has 2 aliphatic heterocycles. The van der Waals surface area contributed by atoms with E-state index in [-0.39, 0.29) is 6.10 Å². The van der Waals surface area contributed by atoms with E-state index in [1.54, 1.807) is 0 Å². The van der Waals surface area contributed by atoms with Gasteiger partial charge in [-0.3, -0.25) is 4.90 Å². The molecule has 0 amide bonds. The van der Waals surface area contributed by atoms with Gasteiger partial charge in [-0.15, -0.1) is 0 Å². The third kappa shape index (κ3) is 2.67. The number of hydrogen-bond acceptors (Lipinski definition) is 4. The first-order valence-corrected chi connectivity index (χ1v) is 5.57. The summed E-state index contributed by atoms with van der Waals surface area (Å²) in [6.07, 6.45) is 2.03. The van der Waals surface area contributed by atoms with E-state index in [0.717, 1.165) is 52.2 Å². The van der Waals surface area contributed by atoms with Crippen molar-refractivity contribution in [1.82, 2.24) is 10.2 Å². The van der Waals surface area contributed by atoms with Crippen LogP contribution in [-0.2, 0) is 4.74 Å². The largest absolute Gasteiger partial charge is 0.390 e. The van der Waals surface area contributed by atoms with E-state index in [9.17, 15) is 5.11 Å². The maximum Gasteiger partial charge on any atom is 0.0791 e. The van der Waals surface area contributed by atoms with Crippen molar-refractivity contribution < 1.29 is 9.84 Å². The lowest BCUT2D eigenvalue weighted by molar-refractivity contribution is 0.0219. The summed E-state index contributed by atoms with van der Waals surface area (Å²) < 4.78 is 5.34. The number of β-amino-alcohol motifs (C(OH)–C–C–N with tert-alkyl or cyclic N) is 1. The lowest BCUT2D eigenvalue weighted by atomic mass is 10.1. The Morgan fingerprint density at radius 2 is 2.07 bits per heavy atom. The van der Waals surface area contributed by atoms with E-state index in [2.05, 4.69) is 10.2 Å². The van der Waals surface area contributed by atoms with Crippen molar-refractivity contribution in [2.24, 2.45) is 0 Å². The minimum absolute atomic E-state index is 0.208. The molecule has 2 fully saturated rings. The van der Waals surface area contributed by atoms with E-state index in [1.807, 2.05) is 0 Å². The van der Waals surface area contributed by atoms with Gasteiger partial charge in [0.1, 0.15) is 0 Å². The van der Waals surface area contributed by atoms with E-state index < -0.39 is 0 Å². The molecule has 0 aromatic heterocycles. The van der Waals surface area contributed by atoms with Crippen LogP contribution >= 0.6 is 0 Å². The average molecular weight is 200 g/mol. The smallest absolute Gasteiger partial charge is 0.0791 e. The molecule has 4 heteroatoms. The van der Waals surface area contributed by atoms with Crippen LogP contribution < -0.4 is 5.32 Å². The summed E-state index contributed by atoms with van der Waals surface area (Å²) in [5.74, 6) is 0. The minimum atomic E-state index is -0.208. The van der Waals surface area contributed by atoms with Gasteiger partial charge < -0.3 is 15.2 Å². The molecule has 0 spiro atoms. The molecule has 0 radical (unpaired) electrons. The summed E-state index contributed by atoms with van der Waals surface area (Å²) in [4.78, 5) is 2.41. The Morgan fingerprint density at radius 3 is 2.86 bits per heavy atom. The van der Waals surface area contributed by atoms with Crippen molar-refractivity contribution in [1.29, 1.82) is 0 Å².